The Morgan fingerprint density at radius 2 is 1.57 bits per heavy atom. The predicted molar refractivity (Wildman–Crippen MR) is 91.5 cm³/mol. The van der Waals surface area contributed by atoms with Gasteiger partial charge in [-0.2, -0.15) is 0 Å². The summed E-state index contributed by atoms with van der Waals surface area (Å²) in [6.45, 7) is 5.95. The number of hydrogen-bond acceptors (Lipinski definition) is 3. The molecule has 1 saturated heterocycles. The van der Waals surface area contributed by atoms with Crippen LogP contribution in [0.2, 0.25) is 5.02 Å². The number of benzene rings is 2. The summed E-state index contributed by atoms with van der Waals surface area (Å²) in [6, 6.07) is 14.1. The van der Waals surface area contributed by atoms with Crippen molar-refractivity contribution in [2.24, 2.45) is 0 Å². The molecule has 3 nitrogen and oxygen atoms in total. The van der Waals surface area contributed by atoms with E-state index < -0.39 is 0 Å². The van der Waals surface area contributed by atoms with Crippen molar-refractivity contribution >= 4 is 28.7 Å². The zero-order chi connectivity index (χ0) is 14.8. The number of nitrogens with zero attached hydrogens (tertiary/aromatic N) is 2. The molecule has 1 aliphatic heterocycles. The van der Waals surface area contributed by atoms with Gasteiger partial charge in [0.25, 0.3) is 0 Å². The second-order valence-electron chi connectivity index (χ2n) is 5.44. The van der Waals surface area contributed by atoms with Crippen LogP contribution in [0.4, 0.5) is 17.1 Å². The molecule has 1 aliphatic rings. The number of nitrogens with two attached hydrogens (primary N) is 1. The molecule has 4 heteroatoms. The van der Waals surface area contributed by atoms with Crippen LogP contribution in [0.25, 0.3) is 0 Å². The SMILES string of the molecule is Cc1cccc(N)c1N1CCN(c2ccccc2Cl)CC1. The molecule has 1 heterocycles. The minimum absolute atomic E-state index is 0.821. The Morgan fingerprint density at radius 3 is 2.24 bits per heavy atom. The summed E-state index contributed by atoms with van der Waals surface area (Å²) < 4.78 is 0. The molecule has 0 spiro atoms. The van der Waals surface area contributed by atoms with Crippen molar-refractivity contribution in [3.05, 3.63) is 53.1 Å². The highest BCUT2D eigenvalue weighted by Gasteiger charge is 2.21. The van der Waals surface area contributed by atoms with Crippen LogP contribution in [0.15, 0.2) is 42.5 Å². The van der Waals surface area contributed by atoms with E-state index in [2.05, 4.69) is 28.9 Å². The maximum Gasteiger partial charge on any atom is 0.0639 e. The van der Waals surface area contributed by atoms with E-state index in [-0.39, 0.29) is 0 Å². The number of rotatable bonds is 2. The first-order chi connectivity index (χ1) is 10.2. The van der Waals surface area contributed by atoms with Gasteiger partial charge in [0.15, 0.2) is 0 Å². The molecule has 2 N–H and O–H groups in total. The van der Waals surface area contributed by atoms with Gasteiger partial charge < -0.3 is 15.5 Å². The van der Waals surface area contributed by atoms with Crippen LogP contribution < -0.4 is 15.5 Å². The Bertz CT molecular complexity index is 613. The number of piperazine rings is 1. The summed E-state index contributed by atoms with van der Waals surface area (Å²) in [6.07, 6.45) is 0. The molecule has 0 atom stereocenters. The van der Waals surface area contributed by atoms with Crippen LogP contribution >= 0.6 is 11.6 Å². The quantitative estimate of drug-likeness (QED) is 0.861. The molecule has 1 fully saturated rings. The molecule has 110 valence electrons. The number of hydrogen-bond donors (Lipinski definition) is 1. The Labute approximate surface area is 130 Å². The van der Waals surface area contributed by atoms with E-state index in [1.54, 1.807) is 0 Å². The first kappa shape index (κ1) is 14.1. The smallest absolute Gasteiger partial charge is 0.0639 e. The zero-order valence-electron chi connectivity index (χ0n) is 12.2. The highest BCUT2D eigenvalue weighted by atomic mass is 35.5. The fraction of sp³-hybridized carbons (Fsp3) is 0.294. The van der Waals surface area contributed by atoms with Gasteiger partial charge in [0, 0.05) is 26.2 Å². The van der Waals surface area contributed by atoms with Crippen molar-refractivity contribution in [1.29, 1.82) is 0 Å². The standard InChI is InChI=1S/C17H20ClN3/c1-13-5-4-7-15(19)17(13)21-11-9-20(10-12-21)16-8-3-2-6-14(16)18/h2-8H,9-12,19H2,1H3. The fourth-order valence-corrected chi connectivity index (χ4v) is 3.25. The van der Waals surface area contributed by atoms with Gasteiger partial charge in [0.05, 0.1) is 22.1 Å². The Balaban J connectivity index is 1.75. The second-order valence-corrected chi connectivity index (χ2v) is 5.85. The maximum absolute atomic E-state index is 6.29. The Morgan fingerprint density at radius 1 is 0.905 bits per heavy atom. The van der Waals surface area contributed by atoms with E-state index in [0.29, 0.717) is 0 Å². The summed E-state index contributed by atoms with van der Waals surface area (Å²) in [7, 11) is 0. The average Bonchev–Trinajstić information content (AvgIpc) is 2.48. The van der Waals surface area contributed by atoms with E-state index in [1.807, 2.05) is 30.3 Å². The third-order valence-corrected chi connectivity index (χ3v) is 4.38. The summed E-state index contributed by atoms with van der Waals surface area (Å²) in [5, 5.41) is 0.821. The van der Waals surface area contributed by atoms with Gasteiger partial charge in [-0.15, -0.1) is 0 Å². The lowest BCUT2D eigenvalue weighted by molar-refractivity contribution is 0.653. The summed E-state index contributed by atoms with van der Waals surface area (Å²) in [5.74, 6) is 0. The van der Waals surface area contributed by atoms with E-state index in [4.69, 9.17) is 17.3 Å². The van der Waals surface area contributed by atoms with Crippen molar-refractivity contribution in [1.82, 2.24) is 0 Å². The topological polar surface area (TPSA) is 32.5 Å². The molecule has 0 aromatic heterocycles. The van der Waals surface area contributed by atoms with E-state index in [0.717, 1.165) is 42.6 Å². The van der Waals surface area contributed by atoms with Gasteiger partial charge in [0.2, 0.25) is 0 Å². The third kappa shape index (κ3) is 2.79. The zero-order valence-corrected chi connectivity index (χ0v) is 13.0. The van der Waals surface area contributed by atoms with Crippen molar-refractivity contribution in [2.45, 2.75) is 6.92 Å². The van der Waals surface area contributed by atoms with Crippen molar-refractivity contribution in [2.75, 3.05) is 41.7 Å². The molecule has 2 aromatic rings. The van der Waals surface area contributed by atoms with Crippen molar-refractivity contribution in [3.63, 3.8) is 0 Å². The number of halogens is 1. The molecular weight excluding hydrogens is 282 g/mol. The summed E-state index contributed by atoms with van der Waals surface area (Å²) in [5.41, 5.74) is 10.5. The molecule has 0 saturated carbocycles. The normalized spacial score (nSPS) is 15.3. The molecule has 3 rings (SSSR count). The molecule has 21 heavy (non-hydrogen) atoms. The van der Waals surface area contributed by atoms with E-state index >= 15 is 0 Å². The Hall–Kier alpha value is -1.87. The van der Waals surface area contributed by atoms with Crippen molar-refractivity contribution in [3.8, 4) is 0 Å². The summed E-state index contributed by atoms with van der Waals surface area (Å²) >= 11 is 6.29. The highest BCUT2D eigenvalue weighted by molar-refractivity contribution is 6.33. The van der Waals surface area contributed by atoms with Gasteiger partial charge in [-0.3, -0.25) is 0 Å². The van der Waals surface area contributed by atoms with Crippen LogP contribution in [-0.2, 0) is 0 Å². The number of nitrogen functional groups attached to an aromatic ring is 1. The largest absolute Gasteiger partial charge is 0.397 e. The summed E-state index contributed by atoms with van der Waals surface area (Å²) in [4.78, 5) is 4.71. The van der Waals surface area contributed by atoms with Gasteiger partial charge in [-0.25, -0.2) is 0 Å². The minimum atomic E-state index is 0.821. The van der Waals surface area contributed by atoms with Crippen LogP contribution in [0, 0.1) is 6.92 Å². The Kier molecular flexibility index (Phi) is 3.93. The van der Waals surface area contributed by atoms with Crippen LogP contribution in [0.1, 0.15) is 5.56 Å². The molecule has 2 aromatic carbocycles. The molecule has 0 amide bonds. The monoisotopic (exact) mass is 301 g/mol. The van der Waals surface area contributed by atoms with E-state index in [1.165, 1.54) is 11.3 Å². The van der Waals surface area contributed by atoms with Crippen LogP contribution in [-0.4, -0.2) is 26.2 Å². The molecule has 0 bridgehead atoms. The molecular formula is C17H20ClN3. The number of para-hydroxylation sites is 2. The predicted octanol–water partition coefficient (Wildman–Crippen LogP) is 3.56. The maximum atomic E-state index is 6.29. The first-order valence-corrected chi connectivity index (χ1v) is 7.64. The van der Waals surface area contributed by atoms with Crippen LogP contribution in [0.3, 0.4) is 0 Å². The molecule has 0 unspecified atom stereocenters. The van der Waals surface area contributed by atoms with Crippen LogP contribution in [0.5, 0.6) is 0 Å². The van der Waals surface area contributed by atoms with Gasteiger partial charge in [-0.05, 0) is 30.7 Å². The van der Waals surface area contributed by atoms with Gasteiger partial charge in [0.1, 0.15) is 0 Å². The lowest BCUT2D eigenvalue weighted by Gasteiger charge is -2.38. The first-order valence-electron chi connectivity index (χ1n) is 7.26. The van der Waals surface area contributed by atoms with Gasteiger partial charge in [-0.1, -0.05) is 35.9 Å². The third-order valence-electron chi connectivity index (χ3n) is 4.06. The van der Waals surface area contributed by atoms with E-state index in [9.17, 15) is 0 Å². The molecule has 0 radical (unpaired) electrons. The molecule has 0 aliphatic carbocycles. The lowest BCUT2D eigenvalue weighted by Crippen LogP contribution is -2.47. The number of anilines is 3. The second kappa shape index (κ2) is 5.86. The number of aryl methyl sites for hydroxylation is 1. The fourth-order valence-electron chi connectivity index (χ4n) is 2.99. The lowest BCUT2D eigenvalue weighted by atomic mass is 10.1. The van der Waals surface area contributed by atoms with Gasteiger partial charge >= 0.3 is 0 Å². The average molecular weight is 302 g/mol. The van der Waals surface area contributed by atoms with Crippen molar-refractivity contribution < 1.29 is 0 Å². The highest BCUT2D eigenvalue weighted by Crippen LogP contribution is 2.30. The minimum Gasteiger partial charge on any atom is -0.397 e.